The molecule has 1 unspecified atom stereocenters. The zero-order valence-electron chi connectivity index (χ0n) is 14.7. The number of nitrogens with one attached hydrogen (secondary N) is 2. The Hall–Kier alpha value is -1.02. The molecule has 0 aromatic heterocycles. The average molecular weight is 414 g/mol. The van der Waals surface area contributed by atoms with Crippen molar-refractivity contribution in [1.29, 1.82) is 0 Å². The summed E-state index contributed by atoms with van der Waals surface area (Å²) in [7, 11) is 0. The zero-order valence-corrected chi connectivity index (χ0v) is 16.3. The molecule has 0 bridgehead atoms. The van der Waals surface area contributed by atoms with E-state index in [4.69, 9.17) is 11.6 Å². The summed E-state index contributed by atoms with van der Waals surface area (Å²) in [5.74, 6) is -0.445. The minimum atomic E-state index is -4.39. The van der Waals surface area contributed by atoms with Gasteiger partial charge in [-0.1, -0.05) is 23.7 Å². The normalized spacial score (nSPS) is 17.3. The molecule has 2 N–H and O–H groups in total. The van der Waals surface area contributed by atoms with E-state index in [9.17, 15) is 18.0 Å². The van der Waals surface area contributed by atoms with Crippen molar-refractivity contribution in [3.63, 3.8) is 0 Å². The van der Waals surface area contributed by atoms with Crippen LogP contribution in [-0.2, 0) is 10.2 Å². The molecule has 9 heteroatoms. The van der Waals surface area contributed by atoms with Crippen molar-refractivity contribution < 1.29 is 18.0 Å². The maximum atomic E-state index is 13.4. The molecule has 1 fully saturated rings. The molecule has 4 nitrogen and oxygen atoms in total. The van der Waals surface area contributed by atoms with Gasteiger partial charge in [-0.2, -0.15) is 13.2 Å². The number of carbonyl (C=O) groups is 1. The van der Waals surface area contributed by atoms with Crippen LogP contribution in [0.25, 0.3) is 0 Å². The Morgan fingerprint density at radius 2 is 1.77 bits per heavy atom. The van der Waals surface area contributed by atoms with Gasteiger partial charge < -0.3 is 10.6 Å². The number of hydrogen-bond acceptors (Lipinski definition) is 3. The van der Waals surface area contributed by atoms with Crippen LogP contribution in [0.3, 0.4) is 0 Å². The second kappa shape index (κ2) is 9.26. The van der Waals surface area contributed by atoms with Crippen molar-refractivity contribution >= 4 is 29.9 Å². The summed E-state index contributed by atoms with van der Waals surface area (Å²) in [6.07, 6.45) is -4.39. The number of nitrogens with zero attached hydrogens (tertiary/aromatic N) is 1. The van der Waals surface area contributed by atoms with Crippen LogP contribution in [0.15, 0.2) is 24.3 Å². The molecular formula is C17H24Cl2F3N3O. The number of piperazine rings is 1. The van der Waals surface area contributed by atoms with Crippen molar-refractivity contribution in [3.05, 3.63) is 34.9 Å². The Morgan fingerprint density at radius 1 is 1.23 bits per heavy atom. The van der Waals surface area contributed by atoms with Gasteiger partial charge in [0.1, 0.15) is 6.04 Å². The molecule has 2 rings (SSSR count). The third-order valence-electron chi connectivity index (χ3n) is 4.56. The summed E-state index contributed by atoms with van der Waals surface area (Å²) in [6, 6.07) is 5.05. The SMILES string of the molecule is CC(C)(C(=O)NCC(N1CCNCC1)C(F)(F)F)c1ccc(Cl)cc1.Cl. The van der Waals surface area contributed by atoms with Gasteiger partial charge in [0.15, 0.2) is 0 Å². The molecule has 1 heterocycles. The highest BCUT2D eigenvalue weighted by atomic mass is 35.5. The number of amides is 1. The molecule has 0 saturated carbocycles. The molecule has 1 atom stereocenters. The van der Waals surface area contributed by atoms with E-state index >= 15 is 0 Å². The van der Waals surface area contributed by atoms with E-state index in [2.05, 4.69) is 10.6 Å². The average Bonchev–Trinajstić information content (AvgIpc) is 2.55. The largest absolute Gasteiger partial charge is 0.405 e. The zero-order chi connectivity index (χ0) is 18.7. The van der Waals surface area contributed by atoms with Crippen molar-refractivity contribution in [1.82, 2.24) is 15.5 Å². The van der Waals surface area contributed by atoms with Gasteiger partial charge in [0.05, 0.1) is 5.41 Å². The topological polar surface area (TPSA) is 44.4 Å². The summed E-state index contributed by atoms with van der Waals surface area (Å²) in [4.78, 5) is 13.9. The highest BCUT2D eigenvalue weighted by Gasteiger charge is 2.44. The van der Waals surface area contributed by atoms with Crippen molar-refractivity contribution in [2.45, 2.75) is 31.5 Å². The molecule has 1 amide bonds. The maximum Gasteiger partial charge on any atom is 0.405 e. The number of alkyl halides is 3. The van der Waals surface area contributed by atoms with Gasteiger partial charge in [0.25, 0.3) is 0 Å². The van der Waals surface area contributed by atoms with Crippen LogP contribution >= 0.6 is 24.0 Å². The fraction of sp³-hybridized carbons (Fsp3) is 0.588. The predicted molar refractivity (Wildman–Crippen MR) is 99.0 cm³/mol. The Labute approximate surface area is 162 Å². The fourth-order valence-electron chi connectivity index (χ4n) is 2.85. The lowest BCUT2D eigenvalue weighted by atomic mass is 9.83. The highest BCUT2D eigenvalue weighted by molar-refractivity contribution is 6.30. The molecule has 1 aliphatic heterocycles. The summed E-state index contributed by atoms with van der Waals surface area (Å²) < 4.78 is 40.2. The number of hydrogen-bond donors (Lipinski definition) is 2. The van der Waals surface area contributed by atoms with Crippen LogP contribution in [-0.4, -0.2) is 55.7 Å². The highest BCUT2D eigenvalue weighted by Crippen LogP contribution is 2.27. The van der Waals surface area contributed by atoms with Gasteiger partial charge >= 0.3 is 6.18 Å². The predicted octanol–water partition coefficient (Wildman–Crippen LogP) is 2.99. The van der Waals surface area contributed by atoms with Crippen molar-refractivity contribution in [3.8, 4) is 0 Å². The van der Waals surface area contributed by atoms with E-state index < -0.39 is 30.1 Å². The number of rotatable bonds is 5. The first-order chi connectivity index (χ1) is 11.6. The summed E-state index contributed by atoms with van der Waals surface area (Å²) in [5, 5.41) is 6.05. The molecule has 1 saturated heterocycles. The molecule has 1 aliphatic rings. The summed E-state index contributed by atoms with van der Waals surface area (Å²) in [5.41, 5.74) is -0.260. The van der Waals surface area contributed by atoms with Crippen LogP contribution in [0.1, 0.15) is 19.4 Å². The lowest BCUT2D eigenvalue weighted by Crippen LogP contribution is -2.58. The second-order valence-electron chi connectivity index (χ2n) is 6.69. The van der Waals surface area contributed by atoms with Gasteiger partial charge in [-0.15, -0.1) is 12.4 Å². The number of halogens is 5. The van der Waals surface area contributed by atoms with Gasteiger partial charge in [0, 0.05) is 37.7 Å². The van der Waals surface area contributed by atoms with E-state index in [1.165, 1.54) is 4.90 Å². The molecule has 148 valence electrons. The third-order valence-corrected chi connectivity index (χ3v) is 4.81. The molecule has 1 aromatic carbocycles. The standard InChI is InChI=1S/C17H23ClF3N3O.ClH/c1-16(2,12-3-5-13(18)6-4-12)15(25)23-11-14(17(19,20)21)24-9-7-22-8-10-24;/h3-6,14,22H,7-11H2,1-2H3,(H,23,25);1H. The lowest BCUT2D eigenvalue weighted by Gasteiger charge is -2.36. The third kappa shape index (κ3) is 5.74. The van der Waals surface area contributed by atoms with Gasteiger partial charge in [0.2, 0.25) is 5.91 Å². The van der Waals surface area contributed by atoms with Crippen LogP contribution in [0, 0.1) is 0 Å². The molecule has 1 aromatic rings. The first-order valence-corrected chi connectivity index (χ1v) is 8.56. The summed E-state index contributed by atoms with van der Waals surface area (Å²) >= 11 is 5.84. The first-order valence-electron chi connectivity index (χ1n) is 8.18. The van der Waals surface area contributed by atoms with Crippen LogP contribution in [0.2, 0.25) is 5.02 Å². The minimum Gasteiger partial charge on any atom is -0.353 e. The van der Waals surface area contributed by atoms with E-state index in [0.29, 0.717) is 36.8 Å². The van der Waals surface area contributed by atoms with Gasteiger partial charge in [-0.3, -0.25) is 9.69 Å². The van der Waals surface area contributed by atoms with E-state index in [0.717, 1.165) is 0 Å². The fourth-order valence-corrected chi connectivity index (χ4v) is 2.98. The maximum absolute atomic E-state index is 13.4. The smallest absolute Gasteiger partial charge is 0.353 e. The molecule has 26 heavy (non-hydrogen) atoms. The summed E-state index contributed by atoms with van der Waals surface area (Å²) in [6.45, 7) is 4.53. The molecule has 0 aliphatic carbocycles. The number of carbonyl (C=O) groups excluding carboxylic acids is 1. The van der Waals surface area contributed by atoms with Gasteiger partial charge in [-0.05, 0) is 31.5 Å². The van der Waals surface area contributed by atoms with E-state index in [1.54, 1.807) is 38.1 Å². The Bertz CT molecular complexity index is 588. The Balaban J connectivity index is 0.00000338. The molecule has 0 spiro atoms. The molecule has 0 radical (unpaired) electrons. The van der Waals surface area contributed by atoms with E-state index in [-0.39, 0.29) is 12.4 Å². The van der Waals surface area contributed by atoms with Crippen LogP contribution < -0.4 is 10.6 Å². The minimum absolute atomic E-state index is 0. The number of benzene rings is 1. The monoisotopic (exact) mass is 413 g/mol. The van der Waals surface area contributed by atoms with Crippen LogP contribution in [0.5, 0.6) is 0 Å². The second-order valence-corrected chi connectivity index (χ2v) is 7.12. The lowest BCUT2D eigenvalue weighted by molar-refractivity contribution is -0.184. The first kappa shape index (κ1) is 23.0. The quantitative estimate of drug-likeness (QED) is 0.779. The van der Waals surface area contributed by atoms with E-state index in [1.807, 2.05) is 0 Å². The Kier molecular flexibility index (Phi) is 8.20. The van der Waals surface area contributed by atoms with Crippen LogP contribution in [0.4, 0.5) is 13.2 Å². The molecular weight excluding hydrogens is 390 g/mol. The van der Waals surface area contributed by atoms with Crippen molar-refractivity contribution in [2.75, 3.05) is 32.7 Å². The van der Waals surface area contributed by atoms with Crippen molar-refractivity contribution in [2.24, 2.45) is 0 Å². The Morgan fingerprint density at radius 3 is 2.27 bits per heavy atom. The van der Waals surface area contributed by atoms with Gasteiger partial charge in [-0.25, -0.2) is 0 Å².